The molecule has 0 aliphatic heterocycles. The fourth-order valence-electron chi connectivity index (χ4n) is 2.53. The molecular weight excluding hydrogens is 384 g/mol. The van der Waals surface area contributed by atoms with E-state index in [0.29, 0.717) is 5.76 Å². The molecule has 2 aromatic carbocycles. The lowest BCUT2D eigenvalue weighted by Crippen LogP contribution is -2.12. The summed E-state index contributed by atoms with van der Waals surface area (Å²) in [6.07, 6.45) is 0. The fourth-order valence-corrected chi connectivity index (χ4v) is 2.70. The van der Waals surface area contributed by atoms with E-state index in [1.165, 1.54) is 24.3 Å². The van der Waals surface area contributed by atoms with Crippen LogP contribution in [0.3, 0.4) is 0 Å². The number of rotatable bonds is 6. The summed E-state index contributed by atoms with van der Waals surface area (Å²) in [7, 11) is 0. The Morgan fingerprint density at radius 1 is 1.18 bits per heavy atom. The lowest BCUT2D eigenvalue weighted by Gasteiger charge is -2.08. The number of nitro groups is 1. The van der Waals surface area contributed by atoms with Crippen molar-refractivity contribution in [2.45, 2.75) is 20.5 Å². The van der Waals surface area contributed by atoms with Crippen molar-refractivity contribution in [3.8, 4) is 5.75 Å². The molecule has 0 aliphatic rings. The van der Waals surface area contributed by atoms with Gasteiger partial charge in [-0.1, -0.05) is 23.7 Å². The number of aryl methyl sites for hydroxylation is 2. The SMILES string of the molecule is Cc1ccc(C)c(OCc2ccc(C(=O)Nc3ccc(Cl)cc3[N+](=O)[O-])o2)c1. The van der Waals surface area contributed by atoms with Gasteiger partial charge in [0, 0.05) is 11.1 Å². The Hall–Kier alpha value is -3.32. The largest absolute Gasteiger partial charge is 0.485 e. The number of carbonyl (C=O) groups excluding carboxylic acids is 1. The zero-order chi connectivity index (χ0) is 20.3. The van der Waals surface area contributed by atoms with Crippen LogP contribution in [0.5, 0.6) is 5.75 Å². The monoisotopic (exact) mass is 400 g/mol. The molecule has 8 heteroatoms. The van der Waals surface area contributed by atoms with Crippen molar-refractivity contribution < 1.29 is 18.9 Å². The molecule has 0 radical (unpaired) electrons. The minimum absolute atomic E-state index is 0.0174. The van der Waals surface area contributed by atoms with Crippen molar-refractivity contribution in [1.29, 1.82) is 0 Å². The molecule has 0 unspecified atom stereocenters. The van der Waals surface area contributed by atoms with Crippen LogP contribution in [0.15, 0.2) is 52.9 Å². The zero-order valence-corrected chi connectivity index (χ0v) is 15.9. The summed E-state index contributed by atoms with van der Waals surface area (Å²) in [5.74, 6) is 0.600. The van der Waals surface area contributed by atoms with Crippen LogP contribution in [0.2, 0.25) is 5.02 Å². The summed E-state index contributed by atoms with van der Waals surface area (Å²) >= 11 is 5.77. The number of hydrogen-bond donors (Lipinski definition) is 1. The molecule has 1 N–H and O–H groups in total. The van der Waals surface area contributed by atoms with Crippen LogP contribution in [-0.4, -0.2) is 10.8 Å². The quantitative estimate of drug-likeness (QED) is 0.448. The highest BCUT2D eigenvalue weighted by atomic mass is 35.5. The van der Waals surface area contributed by atoms with Gasteiger partial charge in [0.05, 0.1) is 4.92 Å². The number of ether oxygens (including phenoxy) is 1. The lowest BCUT2D eigenvalue weighted by atomic mass is 10.1. The first-order chi connectivity index (χ1) is 13.3. The predicted octanol–water partition coefficient (Wildman–Crippen LogP) is 5.29. The number of benzene rings is 2. The lowest BCUT2D eigenvalue weighted by molar-refractivity contribution is -0.383. The van der Waals surface area contributed by atoms with Gasteiger partial charge in [-0.2, -0.15) is 0 Å². The van der Waals surface area contributed by atoms with Gasteiger partial charge < -0.3 is 14.5 Å². The number of nitrogens with zero attached hydrogens (tertiary/aromatic N) is 1. The summed E-state index contributed by atoms with van der Waals surface area (Å²) in [5, 5.41) is 13.8. The molecule has 0 bridgehead atoms. The highest BCUT2D eigenvalue weighted by Crippen LogP contribution is 2.28. The van der Waals surface area contributed by atoms with Gasteiger partial charge in [-0.05, 0) is 55.3 Å². The third kappa shape index (κ3) is 4.50. The summed E-state index contributed by atoms with van der Waals surface area (Å²) in [5.41, 5.74) is 1.80. The number of halogens is 1. The molecule has 28 heavy (non-hydrogen) atoms. The van der Waals surface area contributed by atoms with E-state index in [2.05, 4.69) is 5.32 Å². The minimum Gasteiger partial charge on any atom is -0.485 e. The van der Waals surface area contributed by atoms with Gasteiger partial charge in [0.1, 0.15) is 23.8 Å². The Morgan fingerprint density at radius 3 is 2.71 bits per heavy atom. The highest BCUT2D eigenvalue weighted by Gasteiger charge is 2.19. The number of nitrogens with one attached hydrogen (secondary N) is 1. The Bertz CT molecular complexity index is 1040. The number of anilines is 1. The molecule has 0 atom stereocenters. The van der Waals surface area contributed by atoms with E-state index >= 15 is 0 Å². The Labute approximate surface area is 166 Å². The number of carbonyl (C=O) groups is 1. The first-order valence-corrected chi connectivity index (χ1v) is 8.75. The van der Waals surface area contributed by atoms with Crippen LogP contribution < -0.4 is 10.1 Å². The maximum Gasteiger partial charge on any atom is 0.294 e. The Balaban J connectivity index is 1.69. The average molecular weight is 401 g/mol. The third-order valence-corrected chi connectivity index (χ3v) is 4.24. The second kappa shape index (κ2) is 8.14. The maximum absolute atomic E-state index is 12.4. The van der Waals surface area contributed by atoms with Crippen LogP contribution in [0.25, 0.3) is 0 Å². The number of hydrogen-bond acceptors (Lipinski definition) is 5. The fraction of sp³-hybridized carbons (Fsp3) is 0.150. The van der Waals surface area contributed by atoms with Crippen molar-refractivity contribution in [3.63, 3.8) is 0 Å². The van der Waals surface area contributed by atoms with Crippen LogP contribution in [-0.2, 0) is 6.61 Å². The van der Waals surface area contributed by atoms with E-state index in [4.69, 9.17) is 20.8 Å². The molecular formula is C20H17ClN2O5. The summed E-state index contributed by atoms with van der Waals surface area (Å²) in [6, 6.07) is 13.0. The maximum atomic E-state index is 12.4. The summed E-state index contributed by atoms with van der Waals surface area (Å²) < 4.78 is 11.2. The Kier molecular flexibility index (Phi) is 5.65. The summed E-state index contributed by atoms with van der Waals surface area (Å²) in [6.45, 7) is 4.06. The molecule has 1 amide bonds. The van der Waals surface area contributed by atoms with Gasteiger partial charge in [0.2, 0.25) is 0 Å². The molecule has 1 aromatic heterocycles. The molecule has 0 spiro atoms. The van der Waals surface area contributed by atoms with E-state index in [1.54, 1.807) is 6.07 Å². The molecule has 0 saturated heterocycles. The van der Waals surface area contributed by atoms with E-state index < -0.39 is 10.8 Å². The van der Waals surface area contributed by atoms with Crippen molar-refractivity contribution >= 4 is 28.9 Å². The second-order valence-electron chi connectivity index (χ2n) is 6.20. The van der Waals surface area contributed by atoms with E-state index in [0.717, 1.165) is 16.9 Å². The van der Waals surface area contributed by atoms with E-state index in [-0.39, 0.29) is 28.8 Å². The van der Waals surface area contributed by atoms with Crippen molar-refractivity contribution in [3.05, 3.63) is 86.3 Å². The van der Waals surface area contributed by atoms with Crippen LogP contribution in [0, 0.1) is 24.0 Å². The average Bonchev–Trinajstić information content (AvgIpc) is 3.13. The number of nitro benzene ring substituents is 1. The summed E-state index contributed by atoms with van der Waals surface area (Å²) in [4.78, 5) is 22.9. The molecule has 3 rings (SSSR count). The number of furan rings is 1. The molecule has 3 aromatic rings. The van der Waals surface area contributed by atoms with E-state index in [9.17, 15) is 14.9 Å². The molecule has 0 saturated carbocycles. The van der Waals surface area contributed by atoms with Crippen molar-refractivity contribution in [1.82, 2.24) is 0 Å². The molecule has 7 nitrogen and oxygen atoms in total. The topological polar surface area (TPSA) is 94.6 Å². The van der Waals surface area contributed by atoms with Gasteiger partial charge in [-0.25, -0.2) is 0 Å². The van der Waals surface area contributed by atoms with Gasteiger partial charge >= 0.3 is 0 Å². The smallest absolute Gasteiger partial charge is 0.294 e. The van der Waals surface area contributed by atoms with Gasteiger partial charge in [-0.15, -0.1) is 0 Å². The third-order valence-electron chi connectivity index (χ3n) is 4.00. The van der Waals surface area contributed by atoms with Crippen LogP contribution >= 0.6 is 11.6 Å². The highest BCUT2D eigenvalue weighted by molar-refractivity contribution is 6.31. The van der Waals surface area contributed by atoms with Crippen molar-refractivity contribution in [2.24, 2.45) is 0 Å². The first kappa shape index (κ1) is 19.4. The van der Waals surface area contributed by atoms with Crippen molar-refractivity contribution in [2.75, 3.05) is 5.32 Å². The number of amides is 1. The molecule has 144 valence electrons. The van der Waals surface area contributed by atoms with Gasteiger partial charge in [0.25, 0.3) is 11.6 Å². The second-order valence-corrected chi connectivity index (χ2v) is 6.63. The normalized spacial score (nSPS) is 10.5. The van der Waals surface area contributed by atoms with Gasteiger partial charge in [-0.3, -0.25) is 14.9 Å². The zero-order valence-electron chi connectivity index (χ0n) is 15.2. The van der Waals surface area contributed by atoms with Gasteiger partial charge in [0.15, 0.2) is 5.76 Å². The first-order valence-electron chi connectivity index (χ1n) is 8.37. The minimum atomic E-state index is -0.618. The van der Waals surface area contributed by atoms with E-state index in [1.807, 2.05) is 32.0 Å². The predicted molar refractivity (Wildman–Crippen MR) is 105 cm³/mol. The van der Waals surface area contributed by atoms with Crippen LogP contribution in [0.1, 0.15) is 27.4 Å². The molecule has 0 aliphatic carbocycles. The molecule has 0 fully saturated rings. The Morgan fingerprint density at radius 2 is 1.96 bits per heavy atom. The molecule has 1 heterocycles. The van der Waals surface area contributed by atoms with Crippen LogP contribution in [0.4, 0.5) is 11.4 Å². The standard InChI is InChI=1S/C20H17ClN2O5/c1-12-3-4-13(2)19(9-12)27-11-15-6-8-18(28-15)20(24)22-16-7-5-14(21)10-17(16)23(25)26/h3-10H,11H2,1-2H3,(H,22,24).